The first-order valence-corrected chi connectivity index (χ1v) is 6.21. The van der Waals surface area contributed by atoms with E-state index in [-0.39, 0.29) is 0 Å². The molecule has 0 aliphatic rings. The number of aryl methyl sites for hydroxylation is 2. The Morgan fingerprint density at radius 1 is 1.44 bits per heavy atom. The average Bonchev–Trinajstić information content (AvgIpc) is 2.68. The molecule has 1 aromatic carbocycles. The molecule has 0 saturated heterocycles. The average molecular weight is 312 g/mol. The van der Waals surface area contributed by atoms with Crippen LogP contribution in [0.15, 0.2) is 22.8 Å². The van der Waals surface area contributed by atoms with Crippen LogP contribution in [-0.4, -0.2) is 27.2 Å². The van der Waals surface area contributed by atoms with E-state index < -0.39 is 6.10 Å². The molecule has 0 radical (unpaired) electrons. The Balaban J connectivity index is 2.51. The Morgan fingerprint density at radius 3 is 2.72 bits per heavy atom. The van der Waals surface area contributed by atoms with Crippen LogP contribution in [0.1, 0.15) is 22.9 Å². The van der Waals surface area contributed by atoms with Crippen LogP contribution in [0.5, 0.6) is 5.75 Å². The summed E-state index contributed by atoms with van der Waals surface area (Å²) in [6.07, 6.45) is -0.839. The molecule has 18 heavy (non-hydrogen) atoms. The van der Waals surface area contributed by atoms with Crippen LogP contribution in [0.4, 0.5) is 0 Å². The number of halogens is 1. The van der Waals surface area contributed by atoms with Gasteiger partial charge in [-0.05, 0) is 35.0 Å². The molecule has 96 valence electrons. The van der Waals surface area contributed by atoms with Crippen LogP contribution < -0.4 is 4.74 Å². The summed E-state index contributed by atoms with van der Waals surface area (Å²) >= 11 is 3.28. The smallest absolute Gasteiger partial charge is 0.154 e. The van der Waals surface area contributed by atoms with Gasteiger partial charge in [0.05, 0.1) is 7.11 Å². The van der Waals surface area contributed by atoms with Gasteiger partial charge >= 0.3 is 0 Å². The lowest BCUT2D eigenvalue weighted by Crippen LogP contribution is -2.09. The fraction of sp³-hybridized carbons (Fsp3) is 0.333. The molecule has 0 fully saturated rings. The molecule has 0 spiro atoms. The third kappa shape index (κ3) is 2.26. The van der Waals surface area contributed by atoms with E-state index in [2.05, 4.69) is 26.2 Å². The van der Waals surface area contributed by atoms with Crippen molar-refractivity contribution in [1.29, 1.82) is 0 Å². The Bertz CT molecular complexity index is 549. The molecule has 5 nitrogen and oxygen atoms in total. The van der Waals surface area contributed by atoms with Crippen LogP contribution >= 0.6 is 15.9 Å². The minimum atomic E-state index is -0.839. The van der Waals surface area contributed by atoms with Gasteiger partial charge in [-0.2, -0.15) is 0 Å². The summed E-state index contributed by atoms with van der Waals surface area (Å²) in [7, 11) is 3.32. The van der Waals surface area contributed by atoms with Crippen LogP contribution in [0.2, 0.25) is 0 Å². The van der Waals surface area contributed by atoms with Crippen molar-refractivity contribution in [2.24, 2.45) is 7.05 Å². The van der Waals surface area contributed by atoms with Gasteiger partial charge in [-0.1, -0.05) is 16.8 Å². The van der Waals surface area contributed by atoms with E-state index in [4.69, 9.17) is 4.74 Å². The lowest BCUT2D eigenvalue weighted by Gasteiger charge is -2.15. The molecule has 0 amide bonds. The van der Waals surface area contributed by atoms with Gasteiger partial charge in [-0.15, -0.1) is 5.10 Å². The van der Waals surface area contributed by atoms with Crippen molar-refractivity contribution in [2.75, 3.05) is 7.11 Å². The lowest BCUT2D eigenvalue weighted by molar-refractivity contribution is 0.203. The fourth-order valence-corrected chi connectivity index (χ4v) is 2.39. The van der Waals surface area contributed by atoms with Crippen LogP contribution in [0.3, 0.4) is 0 Å². The highest BCUT2D eigenvalue weighted by molar-refractivity contribution is 9.10. The summed E-state index contributed by atoms with van der Waals surface area (Å²) < 4.78 is 7.34. The van der Waals surface area contributed by atoms with Crippen molar-refractivity contribution >= 4 is 15.9 Å². The zero-order chi connectivity index (χ0) is 13.3. The Morgan fingerprint density at radius 2 is 2.17 bits per heavy atom. The molecular weight excluding hydrogens is 298 g/mol. The largest absolute Gasteiger partial charge is 0.496 e. The summed E-state index contributed by atoms with van der Waals surface area (Å²) in [5, 5.41) is 18.2. The van der Waals surface area contributed by atoms with Gasteiger partial charge in [0.1, 0.15) is 17.5 Å². The first kappa shape index (κ1) is 13.0. The zero-order valence-corrected chi connectivity index (χ0v) is 12.0. The van der Waals surface area contributed by atoms with Crippen molar-refractivity contribution in [3.8, 4) is 5.75 Å². The van der Waals surface area contributed by atoms with E-state index in [1.54, 1.807) is 14.2 Å². The van der Waals surface area contributed by atoms with Gasteiger partial charge in [-0.3, -0.25) is 0 Å². The highest BCUT2D eigenvalue weighted by Gasteiger charge is 2.22. The zero-order valence-electron chi connectivity index (χ0n) is 10.4. The van der Waals surface area contributed by atoms with Crippen LogP contribution in [0, 0.1) is 6.92 Å². The van der Waals surface area contributed by atoms with Crippen LogP contribution in [0.25, 0.3) is 0 Å². The van der Waals surface area contributed by atoms with Gasteiger partial charge in [0.15, 0.2) is 4.60 Å². The predicted molar refractivity (Wildman–Crippen MR) is 70.5 cm³/mol. The topological polar surface area (TPSA) is 60.2 Å². The lowest BCUT2D eigenvalue weighted by atomic mass is 10.0. The summed E-state index contributed by atoms with van der Waals surface area (Å²) in [5.41, 5.74) is 2.35. The quantitative estimate of drug-likeness (QED) is 0.941. The molecule has 0 aliphatic heterocycles. The number of aliphatic hydroxyl groups is 1. The minimum absolute atomic E-state index is 0.529. The molecule has 0 bridgehead atoms. The molecule has 6 heteroatoms. The van der Waals surface area contributed by atoms with E-state index in [1.807, 2.05) is 25.1 Å². The molecule has 1 atom stereocenters. The fourth-order valence-electron chi connectivity index (χ4n) is 1.84. The molecule has 0 saturated carbocycles. The third-order valence-electron chi connectivity index (χ3n) is 2.77. The van der Waals surface area contributed by atoms with E-state index in [9.17, 15) is 5.11 Å². The standard InChI is InChI=1S/C12H14BrN3O2/c1-7-4-5-9(18-3)8(6-7)11(17)10-12(13)14-15-16(10)2/h4-6,11,17H,1-3H3. The van der Waals surface area contributed by atoms with E-state index in [0.29, 0.717) is 21.6 Å². The first-order chi connectivity index (χ1) is 8.54. The second-order valence-corrected chi connectivity index (χ2v) is 4.79. The van der Waals surface area contributed by atoms with Gasteiger partial charge in [0.2, 0.25) is 0 Å². The number of rotatable bonds is 3. The van der Waals surface area contributed by atoms with E-state index in [0.717, 1.165) is 5.56 Å². The van der Waals surface area contributed by atoms with E-state index in [1.165, 1.54) is 4.68 Å². The summed E-state index contributed by atoms with van der Waals surface area (Å²) in [4.78, 5) is 0. The molecule has 2 rings (SSSR count). The molecule has 1 unspecified atom stereocenters. The molecule has 0 aliphatic carbocycles. The Labute approximate surface area is 114 Å². The number of aliphatic hydroxyl groups excluding tert-OH is 1. The Hall–Kier alpha value is -1.40. The maximum atomic E-state index is 10.5. The number of hydrogen-bond acceptors (Lipinski definition) is 4. The summed E-state index contributed by atoms with van der Waals surface area (Å²) in [6.45, 7) is 1.96. The van der Waals surface area contributed by atoms with Crippen molar-refractivity contribution in [3.63, 3.8) is 0 Å². The molecule has 1 aromatic heterocycles. The highest BCUT2D eigenvalue weighted by Crippen LogP contribution is 2.32. The summed E-state index contributed by atoms with van der Waals surface area (Å²) in [5.74, 6) is 0.640. The maximum Gasteiger partial charge on any atom is 0.154 e. The molecule has 2 aromatic rings. The van der Waals surface area contributed by atoms with Crippen molar-refractivity contribution in [3.05, 3.63) is 39.6 Å². The van der Waals surface area contributed by atoms with Crippen molar-refractivity contribution in [1.82, 2.24) is 15.0 Å². The number of nitrogens with zero attached hydrogens (tertiary/aromatic N) is 3. The van der Waals surface area contributed by atoms with Gasteiger partial charge in [-0.25, -0.2) is 4.68 Å². The third-order valence-corrected chi connectivity index (χ3v) is 3.33. The van der Waals surface area contributed by atoms with Gasteiger partial charge in [0.25, 0.3) is 0 Å². The van der Waals surface area contributed by atoms with Crippen molar-refractivity contribution in [2.45, 2.75) is 13.0 Å². The minimum Gasteiger partial charge on any atom is -0.496 e. The summed E-state index contributed by atoms with van der Waals surface area (Å²) in [6, 6.07) is 5.67. The number of benzene rings is 1. The molecule has 1 N–H and O–H groups in total. The highest BCUT2D eigenvalue weighted by atomic mass is 79.9. The predicted octanol–water partition coefficient (Wildman–Crippen LogP) is 1.98. The van der Waals surface area contributed by atoms with Gasteiger partial charge < -0.3 is 9.84 Å². The molecule has 1 heterocycles. The van der Waals surface area contributed by atoms with Crippen LogP contribution in [-0.2, 0) is 7.05 Å². The number of ether oxygens (including phenoxy) is 1. The first-order valence-electron chi connectivity index (χ1n) is 5.42. The van der Waals surface area contributed by atoms with E-state index >= 15 is 0 Å². The number of methoxy groups -OCH3 is 1. The maximum absolute atomic E-state index is 10.5. The second-order valence-electron chi connectivity index (χ2n) is 4.04. The number of hydrogen-bond donors (Lipinski definition) is 1. The monoisotopic (exact) mass is 311 g/mol. The van der Waals surface area contributed by atoms with Gasteiger partial charge in [0, 0.05) is 12.6 Å². The second kappa shape index (κ2) is 5.07. The Kier molecular flexibility index (Phi) is 3.68. The van der Waals surface area contributed by atoms with Crippen molar-refractivity contribution < 1.29 is 9.84 Å². The normalized spacial score (nSPS) is 12.5. The SMILES string of the molecule is COc1ccc(C)cc1C(O)c1c(Br)nnn1C. The number of aromatic nitrogens is 3. The molecular formula is C12H14BrN3O2.